The van der Waals surface area contributed by atoms with Crippen molar-refractivity contribution in [1.82, 2.24) is 5.43 Å². The fraction of sp³-hybridized carbons (Fsp3) is 0.192. The first-order valence-corrected chi connectivity index (χ1v) is 11.3. The molecule has 1 amide bonds. The zero-order valence-electron chi connectivity index (χ0n) is 19.1. The zero-order valence-corrected chi connectivity index (χ0v) is 20.7. The Kier molecular flexibility index (Phi) is 8.43. The fourth-order valence-electron chi connectivity index (χ4n) is 2.80. The average Bonchev–Trinajstić information content (AvgIpc) is 3.31. The van der Waals surface area contributed by atoms with Gasteiger partial charge in [0.15, 0.2) is 6.61 Å². The van der Waals surface area contributed by atoms with E-state index in [0.717, 1.165) is 4.47 Å². The third-order valence-electron chi connectivity index (χ3n) is 4.59. The van der Waals surface area contributed by atoms with Gasteiger partial charge in [0.2, 0.25) is 0 Å². The summed E-state index contributed by atoms with van der Waals surface area (Å²) in [5, 5.41) is 3.95. The van der Waals surface area contributed by atoms with Crippen LogP contribution < -0.4 is 14.9 Å². The van der Waals surface area contributed by atoms with E-state index in [1.54, 1.807) is 30.3 Å². The van der Waals surface area contributed by atoms with E-state index in [9.17, 15) is 9.59 Å². The predicted octanol–water partition coefficient (Wildman–Crippen LogP) is 5.49. The second kappa shape index (κ2) is 11.5. The first-order chi connectivity index (χ1) is 16.2. The molecule has 3 rings (SSSR count). The van der Waals surface area contributed by atoms with Gasteiger partial charge in [0.1, 0.15) is 17.3 Å². The van der Waals surface area contributed by atoms with Crippen molar-refractivity contribution in [3.05, 3.63) is 88.3 Å². The molecule has 0 saturated heterocycles. The molecule has 0 aliphatic heterocycles. The SMILES string of the molecule is CC(C)(C)c1ccc(OCC(=O)N/N=C/c2cc(Br)ccc2OC(=O)/C=C/c2ccco2)cc1. The molecule has 2 aromatic carbocycles. The van der Waals surface area contributed by atoms with Crippen LogP contribution in [0.15, 0.2) is 80.9 Å². The zero-order chi connectivity index (χ0) is 24.6. The molecule has 3 aromatic rings. The quantitative estimate of drug-likeness (QED) is 0.138. The highest BCUT2D eigenvalue weighted by Gasteiger charge is 2.13. The highest BCUT2D eigenvalue weighted by Crippen LogP contribution is 2.24. The van der Waals surface area contributed by atoms with Gasteiger partial charge >= 0.3 is 5.97 Å². The van der Waals surface area contributed by atoms with Crippen molar-refractivity contribution in [3.63, 3.8) is 0 Å². The summed E-state index contributed by atoms with van der Waals surface area (Å²) in [4.78, 5) is 24.2. The summed E-state index contributed by atoms with van der Waals surface area (Å²) < 4.78 is 16.8. The van der Waals surface area contributed by atoms with E-state index in [-0.39, 0.29) is 17.8 Å². The number of nitrogens with zero attached hydrogens (tertiary/aromatic N) is 1. The van der Waals surface area contributed by atoms with Gasteiger partial charge in [0.05, 0.1) is 12.5 Å². The minimum absolute atomic E-state index is 0.0416. The van der Waals surface area contributed by atoms with Gasteiger partial charge in [-0.1, -0.05) is 48.8 Å². The number of hydrogen-bond acceptors (Lipinski definition) is 6. The number of hydrazone groups is 1. The molecule has 176 valence electrons. The summed E-state index contributed by atoms with van der Waals surface area (Å²) in [6, 6.07) is 16.1. The topological polar surface area (TPSA) is 90.1 Å². The van der Waals surface area contributed by atoms with Crippen LogP contribution in [0.3, 0.4) is 0 Å². The van der Waals surface area contributed by atoms with Gasteiger partial charge in [-0.05, 0) is 59.5 Å². The molecule has 0 aliphatic rings. The van der Waals surface area contributed by atoms with Crippen molar-refractivity contribution in [2.24, 2.45) is 5.10 Å². The van der Waals surface area contributed by atoms with Crippen molar-refractivity contribution in [2.45, 2.75) is 26.2 Å². The lowest BCUT2D eigenvalue weighted by atomic mass is 9.87. The molecule has 0 saturated carbocycles. The fourth-order valence-corrected chi connectivity index (χ4v) is 3.18. The van der Waals surface area contributed by atoms with Crippen LogP contribution in [0.1, 0.15) is 37.7 Å². The Bertz CT molecular complexity index is 1180. The van der Waals surface area contributed by atoms with E-state index >= 15 is 0 Å². The average molecular weight is 525 g/mol. The second-order valence-corrected chi connectivity index (χ2v) is 9.22. The summed E-state index contributed by atoms with van der Waals surface area (Å²) >= 11 is 3.37. The summed E-state index contributed by atoms with van der Waals surface area (Å²) in [7, 11) is 0. The van der Waals surface area contributed by atoms with Crippen LogP contribution in [-0.2, 0) is 15.0 Å². The number of benzene rings is 2. The van der Waals surface area contributed by atoms with Crippen LogP contribution in [0.2, 0.25) is 0 Å². The minimum atomic E-state index is -0.580. The van der Waals surface area contributed by atoms with Crippen LogP contribution in [0.25, 0.3) is 6.08 Å². The minimum Gasteiger partial charge on any atom is -0.484 e. The van der Waals surface area contributed by atoms with Crippen LogP contribution in [0, 0.1) is 0 Å². The van der Waals surface area contributed by atoms with Gasteiger partial charge in [-0.25, -0.2) is 10.2 Å². The van der Waals surface area contributed by atoms with Gasteiger partial charge in [-0.2, -0.15) is 5.10 Å². The van der Waals surface area contributed by atoms with Crippen LogP contribution in [-0.4, -0.2) is 24.7 Å². The van der Waals surface area contributed by atoms with E-state index in [2.05, 4.69) is 47.2 Å². The maximum atomic E-state index is 12.1. The standard InChI is InChI=1S/C26H25BrN2O5/c1-26(2,3)19-6-9-22(10-7-19)33-17-24(30)29-28-16-18-15-20(27)8-12-23(18)34-25(31)13-11-21-5-4-14-32-21/h4-16H,17H2,1-3H3,(H,29,30)/b13-11+,28-16+. The lowest BCUT2D eigenvalue weighted by molar-refractivity contribution is -0.129. The van der Waals surface area contributed by atoms with Gasteiger partial charge in [-0.15, -0.1) is 0 Å². The first kappa shape index (κ1) is 25.0. The Morgan fingerprint density at radius 1 is 1.12 bits per heavy atom. The summed E-state index contributed by atoms with van der Waals surface area (Å²) in [6.45, 7) is 6.20. The van der Waals surface area contributed by atoms with E-state index in [0.29, 0.717) is 17.1 Å². The number of amides is 1. The number of furan rings is 1. The van der Waals surface area contributed by atoms with Crippen molar-refractivity contribution >= 4 is 40.1 Å². The molecule has 8 heteroatoms. The Morgan fingerprint density at radius 3 is 2.56 bits per heavy atom. The van der Waals surface area contributed by atoms with Gasteiger partial charge in [-0.3, -0.25) is 4.79 Å². The molecule has 0 spiro atoms. The van der Waals surface area contributed by atoms with Crippen LogP contribution in [0.5, 0.6) is 11.5 Å². The lowest BCUT2D eigenvalue weighted by Gasteiger charge is -2.19. The number of hydrogen-bond donors (Lipinski definition) is 1. The van der Waals surface area contributed by atoms with Gasteiger partial charge in [0, 0.05) is 16.1 Å². The Morgan fingerprint density at radius 2 is 1.88 bits per heavy atom. The molecule has 1 heterocycles. The van der Waals surface area contributed by atoms with Crippen LogP contribution >= 0.6 is 15.9 Å². The molecule has 0 bridgehead atoms. The summed E-state index contributed by atoms with van der Waals surface area (Å²) in [5.41, 5.74) is 4.12. The maximum Gasteiger partial charge on any atom is 0.336 e. The Labute approximate surface area is 206 Å². The monoisotopic (exact) mass is 524 g/mol. The highest BCUT2D eigenvalue weighted by atomic mass is 79.9. The van der Waals surface area contributed by atoms with Gasteiger partial charge < -0.3 is 13.9 Å². The number of rotatable bonds is 8. The van der Waals surface area contributed by atoms with Crippen molar-refractivity contribution in [1.29, 1.82) is 0 Å². The largest absolute Gasteiger partial charge is 0.484 e. The molecule has 1 N–H and O–H groups in total. The molecule has 0 aliphatic carbocycles. The van der Waals surface area contributed by atoms with Gasteiger partial charge in [0.25, 0.3) is 5.91 Å². The Balaban J connectivity index is 1.54. The number of carbonyl (C=O) groups is 2. The van der Waals surface area contributed by atoms with Crippen LogP contribution in [0.4, 0.5) is 0 Å². The molecule has 7 nitrogen and oxygen atoms in total. The second-order valence-electron chi connectivity index (χ2n) is 8.31. The number of nitrogens with one attached hydrogen (secondary N) is 1. The molecule has 34 heavy (non-hydrogen) atoms. The number of ether oxygens (including phenoxy) is 2. The Hall–Kier alpha value is -3.65. The lowest BCUT2D eigenvalue weighted by Crippen LogP contribution is -2.24. The van der Waals surface area contributed by atoms with E-state index < -0.39 is 11.9 Å². The van der Waals surface area contributed by atoms with E-state index in [1.807, 2.05) is 24.3 Å². The summed E-state index contributed by atoms with van der Waals surface area (Å²) in [5.74, 6) is 0.403. The van der Waals surface area contributed by atoms with Crippen molar-refractivity contribution in [3.8, 4) is 11.5 Å². The molecule has 0 unspecified atom stereocenters. The number of esters is 1. The molecule has 0 atom stereocenters. The molecule has 0 fully saturated rings. The third-order valence-corrected chi connectivity index (χ3v) is 5.09. The molecule has 1 aromatic heterocycles. The normalized spacial score (nSPS) is 11.6. The summed E-state index contributed by atoms with van der Waals surface area (Å²) in [6.07, 6.45) is 5.66. The van der Waals surface area contributed by atoms with Crippen molar-refractivity contribution < 1.29 is 23.5 Å². The van der Waals surface area contributed by atoms with E-state index in [1.165, 1.54) is 30.2 Å². The van der Waals surface area contributed by atoms with E-state index in [4.69, 9.17) is 13.9 Å². The highest BCUT2D eigenvalue weighted by molar-refractivity contribution is 9.10. The number of halogens is 1. The van der Waals surface area contributed by atoms with Crippen molar-refractivity contribution in [2.75, 3.05) is 6.61 Å². The smallest absolute Gasteiger partial charge is 0.336 e. The number of carbonyl (C=O) groups excluding carboxylic acids is 2. The molecular formula is C26H25BrN2O5. The predicted molar refractivity (Wildman–Crippen MR) is 134 cm³/mol. The molecular weight excluding hydrogens is 500 g/mol. The maximum absolute atomic E-state index is 12.1. The first-order valence-electron chi connectivity index (χ1n) is 10.5. The third kappa shape index (κ3) is 7.74. The molecule has 0 radical (unpaired) electrons.